The molecule has 0 saturated heterocycles. The summed E-state index contributed by atoms with van der Waals surface area (Å²) in [6.07, 6.45) is 3.39. The molecule has 0 fully saturated rings. The molecular weight excluding hydrogens is 236 g/mol. The molecule has 0 aliphatic heterocycles. The zero-order chi connectivity index (χ0) is 14.1. The smallest absolute Gasteiger partial charge is 0.220 e. The molecule has 0 aliphatic carbocycles. The first-order valence-electron chi connectivity index (χ1n) is 7.27. The highest BCUT2D eigenvalue weighted by atomic mass is 16.1. The number of nitrogens with one attached hydrogen (secondary N) is 1. The van der Waals surface area contributed by atoms with Gasteiger partial charge in [-0.15, -0.1) is 0 Å². The molecule has 0 spiro atoms. The van der Waals surface area contributed by atoms with Crippen LogP contribution in [0.25, 0.3) is 0 Å². The first kappa shape index (κ1) is 15.7. The van der Waals surface area contributed by atoms with Gasteiger partial charge in [0, 0.05) is 6.42 Å². The molecule has 1 aromatic rings. The molecule has 1 atom stereocenters. The lowest BCUT2D eigenvalue weighted by Gasteiger charge is -2.27. The molecule has 0 aromatic heterocycles. The van der Waals surface area contributed by atoms with Crippen LogP contribution in [0.1, 0.15) is 51.1 Å². The Kier molecular flexibility index (Phi) is 7.19. The Hall–Kier alpha value is -1.35. The Morgan fingerprint density at radius 1 is 1.21 bits per heavy atom. The monoisotopic (exact) mass is 262 g/mol. The average Bonchev–Trinajstić information content (AvgIpc) is 2.46. The second-order valence-electron chi connectivity index (χ2n) is 4.92. The SMILES string of the molecule is CCC(CC)C(NC(=O)CCCN)c1ccccc1. The van der Waals surface area contributed by atoms with E-state index >= 15 is 0 Å². The van der Waals surface area contributed by atoms with Crippen molar-refractivity contribution < 1.29 is 4.79 Å². The summed E-state index contributed by atoms with van der Waals surface area (Å²) >= 11 is 0. The predicted molar refractivity (Wildman–Crippen MR) is 79.7 cm³/mol. The lowest BCUT2D eigenvalue weighted by atomic mass is 9.88. The third-order valence-corrected chi connectivity index (χ3v) is 3.60. The third-order valence-electron chi connectivity index (χ3n) is 3.60. The standard InChI is InChI=1S/C16H26N2O/c1-3-13(4-2)16(14-9-6-5-7-10-14)18-15(19)11-8-12-17/h5-7,9-10,13,16H,3-4,8,11-12,17H2,1-2H3,(H,18,19). The van der Waals surface area contributed by atoms with Crippen molar-refractivity contribution in [3.8, 4) is 0 Å². The topological polar surface area (TPSA) is 55.1 Å². The number of hydrogen-bond acceptors (Lipinski definition) is 2. The van der Waals surface area contributed by atoms with Crippen LogP contribution in [-0.2, 0) is 4.79 Å². The van der Waals surface area contributed by atoms with Crippen molar-refractivity contribution in [2.75, 3.05) is 6.54 Å². The molecule has 0 radical (unpaired) electrons. The minimum absolute atomic E-state index is 0.103. The Balaban J connectivity index is 2.78. The summed E-state index contributed by atoms with van der Waals surface area (Å²) in [4.78, 5) is 12.0. The number of carbonyl (C=O) groups excluding carboxylic acids is 1. The highest BCUT2D eigenvalue weighted by Crippen LogP contribution is 2.27. The van der Waals surface area contributed by atoms with E-state index in [0.29, 0.717) is 18.9 Å². The summed E-state index contributed by atoms with van der Waals surface area (Å²) in [5.74, 6) is 0.579. The van der Waals surface area contributed by atoms with E-state index in [1.807, 2.05) is 18.2 Å². The van der Waals surface area contributed by atoms with E-state index in [1.54, 1.807) is 0 Å². The van der Waals surface area contributed by atoms with Gasteiger partial charge in [-0.2, -0.15) is 0 Å². The highest BCUT2D eigenvalue weighted by molar-refractivity contribution is 5.76. The van der Waals surface area contributed by atoms with Gasteiger partial charge < -0.3 is 11.1 Å². The molecule has 0 bridgehead atoms. The summed E-state index contributed by atoms with van der Waals surface area (Å²) in [6.45, 7) is 4.92. The van der Waals surface area contributed by atoms with Gasteiger partial charge in [0.1, 0.15) is 0 Å². The molecule has 1 unspecified atom stereocenters. The number of rotatable bonds is 8. The summed E-state index contributed by atoms with van der Waals surface area (Å²) < 4.78 is 0. The molecule has 0 aliphatic rings. The largest absolute Gasteiger partial charge is 0.349 e. The molecule has 1 aromatic carbocycles. The van der Waals surface area contributed by atoms with Crippen molar-refractivity contribution in [1.29, 1.82) is 0 Å². The van der Waals surface area contributed by atoms with Crippen molar-refractivity contribution in [2.45, 2.75) is 45.6 Å². The molecule has 106 valence electrons. The van der Waals surface area contributed by atoms with Gasteiger partial charge in [0.2, 0.25) is 5.91 Å². The van der Waals surface area contributed by atoms with Gasteiger partial charge >= 0.3 is 0 Å². The maximum atomic E-state index is 12.0. The Bertz CT molecular complexity index is 360. The first-order valence-corrected chi connectivity index (χ1v) is 7.27. The van der Waals surface area contributed by atoms with Crippen LogP contribution < -0.4 is 11.1 Å². The summed E-state index contributed by atoms with van der Waals surface area (Å²) in [5.41, 5.74) is 6.64. The van der Waals surface area contributed by atoms with Crippen LogP contribution in [0.4, 0.5) is 0 Å². The summed E-state index contributed by atoms with van der Waals surface area (Å²) in [6, 6.07) is 10.3. The van der Waals surface area contributed by atoms with Gasteiger partial charge in [-0.3, -0.25) is 4.79 Å². The van der Waals surface area contributed by atoms with Gasteiger partial charge in [0.15, 0.2) is 0 Å². The normalized spacial score (nSPS) is 12.4. The molecule has 19 heavy (non-hydrogen) atoms. The molecule has 3 nitrogen and oxygen atoms in total. The van der Waals surface area contributed by atoms with E-state index in [-0.39, 0.29) is 11.9 Å². The molecule has 1 amide bonds. The lowest BCUT2D eigenvalue weighted by molar-refractivity contribution is -0.122. The maximum absolute atomic E-state index is 12.0. The molecule has 3 heteroatoms. The van der Waals surface area contributed by atoms with Crippen molar-refractivity contribution in [2.24, 2.45) is 11.7 Å². The Labute approximate surface area is 116 Å². The highest BCUT2D eigenvalue weighted by Gasteiger charge is 2.21. The second-order valence-corrected chi connectivity index (χ2v) is 4.92. The van der Waals surface area contributed by atoms with E-state index in [2.05, 4.69) is 31.3 Å². The van der Waals surface area contributed by atoms with E-state index in [4.69, 9.17) is 5.73 Å². The minimum Gasteiger partial charge on any atom is -0.349 e. The van der Waals surface area contributed by atoms with Gasteiger partial charge in [-0.05, 0) is 24.4 Å². The molecular formula is C16H26N2O. The lowest BCUT2D eigenvalue weighted by Crippen LogP contribution is -2.33. The van der Waals surface area contributed by atoms with Crippen LogP contribution in [0.5, 0.6) is 0 Å². The average molecular weight is 262 g/mol. The number of amides is 1. The van der Waals surface area contributed by atoms with E-state index in [0.717, 1.165) is 19.3 Å². The second kappa shape index (κ2) is 8.70. The molecule has 3 N–H and O–H groups in total. The van der Waals surface area contributed by atoms with Crippen molar-refractivity contribution in [3.63, 3.8) is 0 Å². The number of hydrogen-bond donors (Lipinski definition) is 2. The van der Waals surface area contributed by atoms with Gasteiger partial charge in [-0.25, -0.2) is 0 Å². The van der Waals surface area contributed by atoms with Crippen LogP contribution in [-0.4, -0.2) is 12.5 Å². The quantitative estimate of drug-likeness (QED) is 0.756. The first-order chi connectivity index (χ1) is 9.22. The van der Waals surface area contributed by atoms with Crippen LogP contribution >= 0.6 is 0 Å². The van der Waals surface area contributed by atoms with Crippen LogP contribution in [0, 0.1) is 5.92 Å². The fourth-order valence-electron chi connectivity index (χ4n) is 2.40. The van der Waals surface area contributed by atoms with Gasteiger partial charge in [-0.1, -0.05) is 57.0 Å². The molecule has 0 heterocycles. The van der Waals surface area contributed by atoms with E-state index in [1.165, 1.54) is 5.56 Å². The van der Waals surface area contributed by atoms with Crippen molar-refractivity contribution in [1.82, 2.24) is 5.32 Å². The fourth-order valence-corrected chi connectivity index (χ4v) is 2.40. The Morgan fingerprint density at radius 3 is 2.37 bits per heavy atom. The minimum atomic E-state index is 0.103. The van der Waals surface area contributed by atoms with Crippen LogP contribution in [0.3, 0.4) is 0 Å². The van der Waals surface area contributed by atoms with Crippen molar-refractivity contribution >= 4 is 5.91 Å². The Morgan fingerprint density at radius 2 is 1.84 bits per heavy atom. The van der Waals surface area contributed by atoms with Crippen LogP contribution in [0.15, 0.2) is 30.3 Å². The maximum Gasteiger partial charge on any atom is 0.220 e. The summed E-state index contributed by atoms with van der Waals surface area (Å²) in [5, 5.41) is 3.18. The van der Waals surface area contributed by atoms with Crippen LogP contribution in [0.2, 0.25) is 0 Å². The van der Waals surface area contributed by atoms with E-state index < -0.39 is 0 Å². The number of carbonyl (C=O) groups is 1. The van der Waals surface area contributed by atoms with Gasteiger partial charge in [0.05, 0.1) is 6.04 Å². The predicted octanol–water partition coefficient (Wildman–Crippen LogP) is 3.02. The zero-order valence-electron chi connectivity index (χ0n) is 12.1. The molecule has 1 rings (SSSR count). The van der Waals surface area contributed by atoms with Gasteiger partial charge in [0.25, 0.3) is 0 Å². The summed E-state index contributed by atoms with van der Waals surface area (Å²) in [7, 11) is 0. The third kappa shape index (κ3) is 5.03. The molecule has 0 saturated carbocycles. The van der Waals surface area contributed by atoms with Crippen molar-refractivity contribution in [3.05, 3.63) is 35.9 Å². The zero-order valence-corrected chi connectivity index (χ0v) is 12.1. The number of benzene rings is 1. The number of nitrogens with two attached hydrogens (primary N) is 1. The van der Waals surface area contributed by atoms with E-state index in [9.17, 15) is 4.79 Å². The fraction of sp³-hybridized carbons (Fsp3) is 0.562.